The van der Waals surface area contributed by atoms with Crippen molar-refractivity contribution in [2.45, 2.75) is 16.8 Å². The SMILES string of the molecule is CN1c2cc(S(=O)(=O)O)ccc2CC1Cl.Cl. The third-order valence-corrected chi connectivity index (χ3v) is 3.84. The van der Waals surface area contributed by atoms with Crippen molar-refractivity contribution in [2.24, 2.45) is 0 Å². The van der Waals surface area contributed by atoms with E-state index in [2.05, 4.69) is 0 Å². The molecular weight excluding hydrogens is 273 g/mol. The van der Waals surface area contributed by atoms with E-state index in [1.165, 1.54) is 12.1 Å². The Labute approximate surface area is 105 Å². The molecule has 4 nitrogen and oxygen atoms in total. The second-order valence-corrected chi connectivity index (χ2v) is 5.44. The fourth-order valence-corrected chi connectivity index (χ4v) is 2.45. The molecule has 1 heterocycles. The van der Waals surface area contributed by atoms with Crippen LogP contribution in [0.25, 0.3) is 0 Å². The Morgan fingerprint density at radius 2 is 2.12 bits per heavy atom. The van der Waals surface area contributed by atoms with Crippen LogP contribution in [-0.4, -0.2) is 25.5 Å². The van der Waals surface area contributed by atoms with E-state index in [0.29, 0.717) is 6.42 Å². The minimum atomic E-state index is -4.14. The highest BCUT2D eigenvalue weighted by Crippen LogP contribution is 2.34. The third kappa shape index (κ3) is 2.27. The smallest absolute Gasteiger partial charge is 0.294 e. The first-order valence-electron chi connectivity index (χ1n) is 4.37. The lowest BCUT2D eigenvalue weighted by atomic mass is 10.2. The van der Waals surface area contributed by atoms with Gasteiger partial charge in [0.05, 0.1) is 4.90 Å². The summed E-state index contributed by atoms with van der Waals surface area (Å²) in [6.07, 6.45) is 0.680. The lowest BCUT2D eigenvalue weighted by Crippen LogP contribution is -2.21. The molecule has 1 N–H and O–H groups in total. The van der Waals surface area contributed by atoms with E-state index >= 15 is 0 Å². The summed E-state index contributed by atoms with van der Waals surface area (Å²) in [7, 11) is -2.35. The number of hydrogen-bond donors (Lipinski definition) is 1. The molecule has 0 aliphatic carbocycles. The van der Waals surface area contributed by atoms with Crippen molar-refractivity contribution in [3.63, 3.8) is 0 Å². The summed E-state index contributed by atoms with van der Waals surface area (Å²) in [4.78, 5) is 1.69. The molecule has 90 valence electrons. The quantitative estimate of drug-likeness (QED) is 0.486. The van der Waals surface area contributed by atoms with E-state index in [9.17, 15) is 8.42 Å². The lowest BCUT2D eigenvalue weighted by Gasteiger charge is -2.16. The maximum atomic E-state index is 10.9. The number of rotatable bonds is 1. The molecule has 0 spiro atoms. The number of benzene rings is 1. The van der Waals surface area contributed by atoms with E-state index < -0.39 is 10.1 Å². The molecule has 16 heavy (non-hydrogen) atoms. The van der Waals surface area contributed by atoms with Gasteiger partial charge in [-0.1, -0.05) is 17.7 Å². The Hall–Kier alpha value is -0.490. The molecule has 1 atom stereocenters. The van der Waals surface area contributed by atoms with Gasteiger partial charge in [0.15, 0.2) is 0 Å². The molecule has 1 aromatic carbocycles. The van der Waals surface area contributed by atoms with Crippen LogP contribution in [-0.2, 0) is 16.5 Å². The van der Waals surface area contributed by atoms with Crippen molar-refractivity contribution in [1.82, 2.24) is 0 Å². The Bertz CT molecular complexity index is 503. The number of likely N-dealkylation sites (N-methyl/N-ethyl adjacent to an activating group) is 1. The zero-order chi connectivity index (χ0) is 11.2. The Morgan fingerprint density at radius 3 is 2.69 bits per heavy atom. The summed E-state index contributed by atoms with van der Waals surface area (Å²) in [6, 6.07) is 4.50. The van der Waals surface area contributed by atoms with E-state index in [4.69, 9.17) is 16.2 Å². The molecular formula is C9H11Cl2NO3S. The van der Waals surface area contributed by atoms with Crippen molar-refractivity contribution in [3.05, 3.63) is 23.8 Å². The average molecular weight is 284 g/mol. The molecule has 1 unspecified atom stereocenters. The van der Waals surface area contributed by atoms with Crippen LogP contribution >= 0.6 is 24.0 Å². The second kappa shape index (κ2) is 4.41. The highest BCUT2D eigenvalue weighted by atomic mass is 35.5. The van der Waals surface area contributed by atoms with Gasteiger partial charge >= 0.3 is 0 Å². The predicted molar refractivity (Wildman–Crippen MR) is 65.3 cm³/mol. The van der Waals surface area contributed by atoms with Crippen LogP contribution in [0.15, 0.2) is 23.1 Å². The molecule has 1 aliphatic rings. The normalized spacial score (nSPS) is 19.2. The van der Waals surface area contributed by atoms with Gasteiger partial charge in [0.1, 0.15) is 5.50 Å². The zero-order valence-electron chi connectivity index (χ0n) is 8.42. The first-order valence-corrected chi connectivity index (χ1v) is 6.24. The molecule has 0 saturated heterocycles. The second-order valence-electron chi connectivity index (χ2n) is 3.52. The van der Waals surface area contributed by atoms with Gasteiger partial charge in [-0.2, -0.15) is 8.42 Å². The number of halogens is 2. The summed E-state index contributed by atoms with van der Waals surface area (Å²) in [5.41, 5.74) is 1.59. The highest BCUT2D eigenvalue weighted by Gasteiger charge is 2.25. The molecule has 2 rings (SSSR count). The van der Waals surface area contributed by atoms with E-state index in [0.717, 1.165) is 11.3 Å². The predicted octanol–water partition coefficient (Wildman–Crippen LogP) is 1.91. The van der Waals surface area contributed by atoms with Crippen LogP contribution in [0, 0.1) is 0 Å². The van der Waals surface area contributed by atoms with E-state index in [1.807, 2.05) is 0 Å². The van der Waals surface area contributed by atoms with Crippen molar-refractivity contribution in [1.29, 1.82) is 0 Å². The molecule has 1 aromatic rings. The maximum absolute atomic E-state index is 10.9. The van der Waals surface area contributed by atoms with Crippen LogP contribution in [0.4, 0.5) is 5.69 Å². The molecule has 0 saturated carbocycles. The van der Waals surface area contributed by atoms with Gasteiger partial charge in [-0.3, -0.25) is 4.55 Å². The molecule has 1 aliphatic heterocycles. The van der Waals surface area contributed by atoms with E-state index in [-0.39, 0.29) is 22.8 Å². The van der Waals surface area contributed by atoms with Crippen LogP contribution < -0.4 is 4.90 Å². The molecule has 0 aromatic heterocycles. The standard InChI is InChI=1S/C9H10ClNO3S.ClH/c1-11-8-5-7(15(12,13)14)3-2-6(8)4-9(11)10;/h2-3,5,9H,4H2,1H3,(H,12,13,14);1H. The lowest BCUT2D eigenvalue weighted by molar-refractivity contribution is 0.483. The van der Waals surface area contributed by atoms with Gasteiger partial charge in [0.25, 0.3) is 10.1 Å². The Kier molecular flexibility index (Phi) is 3.74. The van der Waals surface area contributed by atoms with Gasteiger partial charge in [0, 0.05) is 19.2 Å². The monoisotopic (exact) mass is 283 g/mol. The number of nitrogens with zero attached hydrogens (tertiary/aromatic N) is 1. The highest BCUT2D eigenvalue weighted by molar-refractivity contribution is 7.85. The largest absolute Gasteiger partial charge is 0.358 e. The summed E-state index contributed by atoms with van der Waals surface area (Å²) >= 11 is 6.01. The molecule has 0 bridgehead atoms. The van der Waals surface area contributed by atoms with Gasteiger partial charge in [-0.15, -0.1) is 12.4 Å². The van der Waals surface area contributed by atoms with Crippen molar-refractivity contribution < 1.29 is 13.0 Å². The topological polar surface area (TPSA) is 57.6 Å². The van der Waals surface area contributed by atoms with Crippen LogP contribution in [0.1, 0.15) is 5.56 Å². The first-order chi connectivity index (χ1) is 6.89. The van der Waals surface area contributed by atoms with E-state index in [1.54, 1.807) is 18.0 Å². The average Bonchev–Trinajstić information content (AvgIpc) is 2.41. The number of alkyl halides is 1. The van der Waals surface area contributed by atoms with Gasteiger partial charge in [-0.25, -0.2) is 0 Å². The van der Waals surface area contributed by atoms with Gasteiger partial charge in [0.2, 0.25) is 0 Å². The van der Waals surface area contributed by atoms with Crippen molar-refractivity contribution >= 4 is 39.8 Å². The number of hydrogen-bond acceptors (Lipinski definition) is 3. The minimum Gasteiger partial charge on any atom is -0.358 e. The van der Waals surface area contributed by atoms with Gasteiger partial charge < -0.3 is 4.90 Å². The molecule has 7 heteroatoms. The van der Waals surface area contributed by atoms with Crippen LogP contribution in [0.2, 0.25) is 0 Å². The fraction of sp³-hybridized carbons (Fsp3) is 0.333. The van der Waals surface area contributed by atoms with Crippen molar-refractivity contribution in [2.75, 3.05) is 11.9 Å². The zero-order valence-corrected chi connectivity index (χ0v) is 10.8. The molecule has 0 amide bonds. The van der Waals surface area contributed by atoms with Crippen molar-refractivity contribution in [3.8, 4) is 0 Å². The minimum absolute atomic E-state index is 0. The third-order valence-electron chi connectivity index (χ3n) is 2.54. The summed E-state index contributed by atoms with van der Waals surface area (Å²) in [5, 5.41) is 0. The Morgan fingerprint density at radius 1 is 1.50 bits per heavy atom. The molecule has 0 fully saturated rings. The Balaban J connectivity index is 0.00000128. The maximum Gasteiger partial charge on any atom is 0.294 e. The number of fused-ring (bicyclic) bond motifs is 1. The van der Waals surface area contributed by atoms with Crippen LogP contribution in [0.5, 0.6) is 0 Å². The van der Waals surface area contributed by atoms with Crippen LogP contribution in [0.3, 0.4) is 0 Å². The summed E-state index contributed by atoms with van der Waals surface area (Å²) in [5.74, 6) is 0. The summed E-state index contributed by atoms with van der Waals surface area (Å²) in [6.45, 7) is 0. The first kappa shape index (κ1) is 13.6. The summed E-state index contributed by atoms with van der Waals surface area (Å²) < 4.78 is 30.7. The molecule has 0 radical (unpaired) electrons. The number of anilines is 1. The van der Waals surface area contributed by atoms with Gasteiger partial charge in [-0.05, 0) is 17.7 Å². The fourth-order valence-electron chi connectivity index (χ4n) is 1.67.